The van der Waals surface area contributed by atoms with E-state index in [1.165, 1.54) is 0 Å². The Hall–Kier alpha value is -1.73. The van der Waals surface area contributed by atoms with E-state index >= 15 is 0 Å². The van der Waals surface area contributed by atoms with E-state index in [9.17, 15) is 8.42 Å². The van der Waals surface area contributed by atoms with Crippen LogP contribution in [-0.2, 0) is 10.0 Å². The van der Waals surface area contributed by atoms with Gasteiger partial charge >= 0.3 is 0 Å². The summed E-state index contributed by atoms with van der Waals surface area (Å²) in [6, 6.07) is 8.82. The number of hydrogen-bond donors (Lipinski definition) is 0. The first-order chi connectivity index (χ1) is 9.68. The van der Waals surface area contributed by atoms with Crippen molar-refractivity contribution in [2.45, 2.75) is 23.8 Å². The Morgan fingerprint density at radius 2 is 1.80 bits per heavy atom. The molecule has 0 amide bonds. The molecule has 106 valence electrons. The summed E-state index contributed by atoms with van der Waals surface area (Å²) < 4.78 is 28.3. The lowest BCUT2D eigenvalue weighted by molar-refractivity contribution is 0.258. The van der Waals surface area contributed by atoms with Gasteiger partial charge in [-0.1, -0.05) is 23.4 Å². The highest BCUT2D eigenvalue weighted by molar-refractivity contribution is 7.89. The summed E-state index contributed by atoms with van der Waals surface area (Å²) in [5.41, 5.74) is 0. The minimum Gasteiger partial charge on any atom is -0.249 e. The van der Waals surface area contributed by atoms with Gasteiger partial charge in [0.2, 0.25) is 10.0 Å². The lowest BCUT2D eigenvalue weighted by Crippen LogP contribution is -2.39. The van der Waals surface area contributed by atoms with E-state index in [0.717, 1.165) is 12.8 Å². The number of nitrogens with zero attached hydrogens (tertiary/aromatic N) is 4. The normalized spacial score (nSPS) is 18.2. The third-order valence-corrected chi connectivity index (χ3v) is 5.53. The van der Waals surface area contributed by atoms with Gasteiger partial charge in [0, 0.05) is 19.3 Å². The van der Waals surface area contributed by atoms with Crippen molar-refractivity contribution in [1.29, 1.82) is 0 Å². The summed E-state index contributed by atoms with van der Waals surface area (Å²) in [6.45, 7) is 1.03. The average Bonchev–Trinajstić information content (AvgIpc) is 3.02. The Labute approximate surface area is 118 Å². The first-order valence-electron chi connectivity index (χ1n) is 6.59. The van der Waals surface area contributed by atoms with Gasteiger partial charge in [0.1, 0.15) is 0 Å². The minimum absolute atomic E-state index is 0.236. The van der Waals surface area contributed by atoms with E-state index in [1.807, 2.05) is 16.9 Å². The maximum absolute atomic E-state index is 12.5. The molecule has 6 nitrogen and oxygen atoms in total. The van der Waals surface area contributed by atoms with Crippen molar-refractivity contribution in [3.63, 3.8) is 0 Å². The van der Waals surface area contributed by atoms with Gasteiger partial charge in [0.15, 0.2) is 0 Å². The summed E-state index contributed by atoms with van der Waals surface area (Å²) in [7, 11) is -3.37. The maximum Gasteiger partial charge on any atom is 0.243 e. The van der Waals surface area contributed by atoms with Crippen molar-refractivity contribution in [2.24, 2.45) is 0 Å². The van der Waals surface area contributed by atoms with Crippen LogP contribution in [0.15, 0.2) is 47.6 Å². The standard InChI is InChI=1S/C13H16N4O2S/c18-20(19,13-4-2-1-3-5-13)16-9-6-12(7-10-16)17-11-8-14-15-17/h1-5,8,11-12H,6-7,9-10H2. The molecule has 1 fully saturated rings. The molecule has 0 unspecified atom stereocenters. The lowest BCUT2D eigenvalue weighted by atomic mass is 10.1. The summed E-state index contributed by atoms with van der Waals surface area (Å²) >= 11 is 0. The smallest absolute Gasteiger partial charge is 0.243 e. The highest BCUT2D eigenvalue weighted by Crippen LogP contribution is 2.25. The molecule has 0 N–H and O–H groups in total. The fourth-order valence-corrected chi connectivity index (χ4v) is 3.99. The van der Waals surface area contributed by atoms with E-state index in [-0.39, 0.29) is 6.04 Å². The van der Waals surface area contributed by atoms with Crippen molar-refractivity contribution in [1.82, 2.24) is 19.3 Å². The summed E-state index contributed by atoms with van der Waals surface area (Å²) in [4.78, 5) is 0.360. The van der Waals surface area contributed by atoms with Gasteiger partial charge in [-0.25, -0.2) is 13.1 Å². The SMILES string of the molecule is O=S(=O)(c1ccccc1)N1CCC(n2ccnn2)CC1. The molecule has 1 aliphatic heterocycles. The van der Waals surface area contributed by atoms with Gasteiger partial charge in [-0.05, 0) is 25.0 Å². The van der Waals surface area contributed by atoms with E-state index < -0.39 is 10.0 Å². The van der Waals surface area contributed by atoms with Crippen molar-refractivity contribution < 1.29 is 8.42 Å². The Bertz CT molecular complexity index is 647. The van der Waals surface area contributed by atoms with Crippen molar-refractivity contribution in [3.05, 3.63) is 42.7 Å². The molecule has 3 rings (SSSR count). The van der Waals surface area contributed by atoms with Crippen LogP contribution in [-0.4, -0.2) is 40.8 Å². The van der Waals surface area contributed by atoms with Crippen LogP contribution >= 0.6 is 0 Å². The molecule has 20 heavy (non-hydrogen) atoms. The van der Waals surface area contributed by atoms with Crippen LogP contribution in [0.25, 0.3) is 0 Å². The molecule has 1 aromatic heterocycles. The van der Waals surface area contributed by atoms with Crippen LogP contribution in [0.4, 0.5) is 0 Å². The zero-order chi connectivity index (χ0) is 14.0. The molecule has 0 spiro atoms. The zero-order valence-electron chi connectivity index (χ0n) is 11.0. The lowest BCUT2D eigenvalue weighted by Gasteiger charge is -2.31. The van der Waals surface area contributed by atoms with Crippen molar-refractivity contribution in [3.8, 4) is 0 Å². The van der Waals surface area contributed by atoms with Crippen LogP contribution in [0.1, 0.15) is 18.9 Å². The maximum atomic E-state index is 12.5. The van der Waals surface area contributed by atoms with E-state index in [1.54, 1.807) is 34.8 Å². The third-order valence-electron chi connectivity index (χ3n) is 3.62. The molecular formula is C13H16N4O2S. The number of benzene rings is 1. The van der Waals surface area contributed by atoms with Crippen LogP contribution in [0.3, 0.4) is 0 Å². The van der Waals surface area contributed by atoms with Gasteiger partial charge in [0.25, 0.3) is 0 Å². The fraction of sp³-hybridized carbons (Fsp3) is 0.385. The highest BCUT2D eigenvalue weighted by Gasteiger charge is 2.29. The Morgan fingerprint density at radius 3 is 2.40 bits per heavy atom. The predicted molar refractivity (Wildman–Crippen MR) is 73.5 cm³/mol. The van der Waals surface area contributed by atoms with Crippen LogP contribution in [0.5, 0.6) is 0 Å². The van der Waals surface area contributed by atoms with Gasteiger partial charge in [-0.2, -0.15) is 4.31 Å². The number of piperidine rings is 1. The third kappa shape index (κ3) is 2.46. The first kappa shape index (κ1) is 13.3. The van der Waals surface area contributed by atoms with Gasteiger partial charge in [0.05, 0.1) is 17.1 Å². The molecule has 0 atom stereocenters. The molecule has 1 aromatic carbocycles. The Kier molecular flexibility index (Phi) is 3.54. The van der Waals surface area contributed by atoms with Gasteiger partial charge in [-0.3, -0.25) is 0 Å². The second-order valence-corrected chi connectivity index (χ2v) is 6.77. The second kappa shape index (κ2) is 5.34. The molecule has 0 aliphatic carbocycles. The van der Waals surface area contributed by atoms with Crippen molar-refractivity contribution in [2.75, 3.05) is 13.1 Å². The number of rotatable bonds is 3. The molecule has 0 radical (unpaired) electrons. The highest BCUT2D eigenvalue weighted by atomic mass is 32.2. The largest absolute Gasteiger partial charge is 0.249 e. The van der Waals surface area contributed by atoms with E-state index in [0.29, 0.717) is 18.0 Å². The minimum atomic E-state index is -3.37. The van der Waals surface area contributed by atoms with Gasteiger partial charge in [-0.15, -0.1) is 5.10 Å². The van der Waals surface area contributed by atoms with Crippen LogP contribution in [0.2, 0.25) is 0 Å². The summed E-state index contributed by atoms with van der Waals surface area (Å²) in [6.07, 6.45) is 4.99. The predicted octanol–water partition coefficient (Wildman–Crippen LogP) is 1.30. The summed E-state index contributed by atoms with van der Waals surface area (Å²) in [5, 5.41) is 7.78. The Balaban J connectivity index is 1.72. The van der Waals surface area contributed by atoms with Crippen LogP contribution in [0, 0.1) is 0 Å². The van der Waals surface area contributed by atoms with Crippen LogP contribution < -0.4 is 0 Å². The molecule has 2 aromatic rings. The molecular weight excluding hydrogens is 276 g/mol. The molecule has 7 heteroatoms. The number of sulfonamides is 1. The number of aromatic nitrogens is 3. The molecule has 2 heterocycles. The fourth-order valence-electron chi connectivity index (χ4n) is 2.50. The quantitative estimate of drug-likeness (QED) is 0.855. The zero-order valence-corrected chi connectivity index (χ0v) is 11.8. The molecule has 0 saturated carbocycles. The first-order valence-corrected chi connectivity index (χ1v) is 8.03. The van der Waals surface area contributed by atoms with Crippen molar-refractivity contribution >= 4 is 10.0 Å². The van der Waals surface area contributed by atoms with Gasteiger partial charge < -0.3 is 0 Å². The average molecular weight is 292 g/mol. The molecule has 1 aliphatic rings. The Morgan fingerprint density at radius 1 is 1.10 bits per heavy atom. The second-order valence-electron chi connectivity index (χ2n) is 4.83. The topological polar surface area (TPSA) is 68.1 Å². The molecule has 1 saturated heterocycles. The number of hydrogen-bond acceptors (Lipinski definition) is 4. The van der Waals surface area contributed by atoms with E-state index in [2.05, 4.69) is 10.3 Å². The monoisotopic (exact) mass is 292 g/mol. The van der Waals surface area contributed by atoms with E-state index in [4.69, 9.17) is 0 Å². The molecule has 0 bridgehead atoms. The summed E-state index contributed by atoms with van der Waals surface area (Å²) in [5.74, 6) is 0.